The number of aromatic nitrogens is 1. The Morgan fingerprint density at radius 1 is 1.00 bits per heavy atom. The Labute approximate surface area is 173 Å². The maximum absolute atomic E-state index is 12.1. The third-order valence-corrected chi connectivity index (χ3v) is 4.39. The Morgan fingerprint density at radius 3 is 2.40 bits per heavy atom. The number of nitrogens with zero attached hydrogens (tertiary/aromatic N) is 1. The number of aryl methyl sites for hydroxylation is 1. The number of carbonyl (C=O) groups is 1. The molecule has 0 saturated carbocycles. The van der Waals surface area contributed by atoms with E-state index >= 15 is 0 Å². The third-order valence-electron chi connectivity index (χ3n) is 4.39. The van der Waals surface area contributed by atoms with E-state index in [-0.39, 0.29) is 18.0 Å². The summed E-state index contributed by atoms with van der Waals surface area (Å²) in [5.41, 5.74) is 4.21. The van der Waals surface area contributed by atoms with Crippen molar-refractivity contribution in [1.29, 1.82) is 0 Å². The number of carbonyl (C=O) groups excluding carboxylic acids is 1. The molecule has 0 aliphatic carbocycles. The molecule has 0 aliphatic rings. The molecule has 3 aromatic carbocycles. The average Bonchev–Trinajstić information content (AvgIpc) is 3.16. The van der Waals surface area contributed by atoms with Gasteiger partial charge < -0.3 is 24.7 Å². The van der Waals surface area contributed by atoms with E-state index in [4.69, 9.17) is 13.9 Å². The lowest BCUT2D eigenvalue weighted by Gasteiger charge is -2.08. The van der Waals surface area contributed by atoms with E-state index in [1.165, 1.54) is 0 Å². The first-order valence-corrected chi connectivity index (χ1v) is 9.15. The maximum Gasteiger partial charge on any atom is 0.262 e. The fourth-order valence-electron chi connectivity index (χ4n) is 2.87. The molecular formula is C23H22N2O5. The van der Waals surface area contributed by atoms with E-state index in [1.54, 1.807) is 43.5 Å². The van der Waals surface area contributed by atoms with Crippen LogP contribution in [0.1, 0.15) is 5.56 Å². The summed E-state index contributed by atoms with van der Waals surface area (Å²) >= 11 is 0. The SMILES string of the molecule is COc1ccc(OCC(=O)Nc2ccc(-c3nc4ccc(C)cc4o3)cc2)cc1.O. The van der Waals surface area contributed by atoms with Crippen molar-refractivity contribution in [3.05, 3.63) is 72.3 Å². The van der Waals surface area contributed by atoms with Crippen molar-refractivity contribution in [3.8, 4) is 23.0 Å². The monoisotopic (exact) mass is 406 g/mol. The topological polar surface area (TPSA) is 105 Å². The summed E-state index contributed by atoms with van der Waals surface area (Å²) in [7, 11) is 1.60. The van der Waals surface area contributed by atoms with Crippen LogP contribution in [0.25, 0.3) is 22.6 Å². The van der Waals surface area contributed by atoms with Crippen molar-refractivity contribution in [2.45, 2.75) is 6.92 Å². The Balaban J connectivity index is 0.00000256. The molecule has 0 bridgehead atoms. The first kappa shape index (κ1) is 20.9. The molecule has 0 saturated heterocycles. The van der Waals surface area contributed by atoms with Gasteiger partial charge in [-0.15, -0.1) is 0 Å². The van der Waals surface area contributed by atoms with Gasteiger partial charge in [0, 0.05) is 11.3 Å². The fourth-order valence-corrected chi connectivity index (χ4v) is 2.87. The number of hydrogen-bond donors (Lipinski definition) is 1. The van der Waals surface area contributed by atoms with E-state index in [0.717, 1.165) is 28.0 Å². The zero-order valence-electron chi connectivity index (χ0n) is 16.6. The number of benzene rings is 3. The number of oxazole rings is 1. The van der Waals surface area contributed by atoms with Gasteiger partial charge in [0.1, 0.15) is 17.0 Å². The highest BCUT2D eigenvalue weighted by Gasteiger charge is 2.09. The first-order chi connectivity index (χ1) is 14.1. The van der Waals surface area contributed by atoms with Crippen LogP contribution in [-0.4, -0.2) is 30.1 Å². The molecule has 0 spiro atoms. The second-order valence-corrected chi connectivity index (χ2v) is 6.58. The lowest BCUT2D eigenvalue weighted by Crippen LogP contribution is -2.20. The second-order valence-electron chi connectivity index (χ2n) is 6.58. The molecule has 1 aromatic heterocycles. The lowest BCUT2D eigenvalue weighted by atomic mass is 10.2. The summed E-state index contributed by atoms with van der Waals surface area (Å²) in [6.07, 6.45) is 0. The van der Waals surface area contributed by atoms with Gasteiger partial charge in [0.15, 0.2) is 12.2 Å². The minimum atomic E-state index is -0.245. The number of ether oxygens (including phenoxy) is 2. The zero-order chi connectivity index (χ0) is 20.2. The van der Waals surface area contributed by atoms with Crippen LogP contribution < -0.4 is 14.8 Å². The Bertz CT molecular complexity index is 1130. The number of hydrogen-bond acceptors (Lipinski definition) is 5. The van der Waals surface area contributed by atoms with Gasteiger partial charge in [-0.1, -0.05) is 6.07 Å². The van der Waals surface area contributed by atoms with E-state index < -0.39 is 0 Å². The van der Waals surface area contributed by atoms with Crippen LogP contribution in [0.3, 0.4) is 0 Å². The molecule has 0 fully saturated rings. The Morgan fingerprint density at radius 2 is 1.70 bits per heavy atom. The van der Waals surface area contributed by atoms with Gasteiger partial charge >= 0.3 is 0 Å². The van der Waals surface area contributed by atoms with Crippen molar-refractivity contribution >= 4 is 22.7 Å². The van der Waals surface area contributed by atoms with Crippen molar-refractivity contribution in [3.63, 3.8) is 0 Å². The summed E-state index contributed by atoms with van der Waals surface area (Å²) in [5.74, 6) is 1.63. The molecule has 0 unspecified atom stereocenters. The van der Waals surface area contributed by atoms with Gasteiger partial charge in [0.2, 0.25) is 5.89 Å². The summed E-state index contributed by atoms with van der Waals surface area (Å²) in [6.45, 7) is 1.93. The van der Waals surface area contributed by atoms with Gasteiger partial charge in [-0.05, 0) is 73.2 Å². The quantitative estimate of drug-likeness (QED) is 0.521. The minimum absolute atomic E-state index is 0. The number of amides is 1. The molecule has 4 rings (SSSR count). The summed E-state index contributed by atoms with van der Waals surface area (Å²) in [6, 6.07) is 20.3. The van der Waals surface area contributed by atoms with Crippen molar-refractivity contribution in [2.75, 3.05) is 19.0 Å². The molecule has 1 heterocycles. The predicted molar refractivity (Wildman–Crippen MR) is 115 cm³/mol. The van der Waals surface area contributed by atoms with Crippen LogP contribution >= 0.6 is 0 Å². The molecule has 7 heteroatoms. The Kier molecular flexibility index (Phi) is 6.34. The highest BCUT2D eigenvalue weighted by Crippen LogP contribution is 2.26. The molecule has 1 amide bonds. The molecule has 0 radical (unpaired) electrons. The third kappa shape index (κ3) is 4.76. The van der Waals surface area contributed by atoms with Gasteiger partial charge in [-0.3, -0.25) is 4.79 Å². The zero-order valence-corrected chi connectivity index (χ0v) is 16.6. The maximum atomic E-state index is 12.1. The number of rotatable bonds is 6. The van der Waals surface area contributed by atoms with Crippen LogP contribution in [0.2, 0.25) is 0 Å². The van der Waals surface area contributed by atoms with Crippen LogP contribution in [0.15, 0.2) is 71.1 Å². The standard InChI is InChI=1S/C23H20N2O4.H2O/c1-15-3-12-20-21(13-15)29-23(25-20)16-4-6-17(7-5-16)24-22(26)14-28-19-10-8-18(27-2)9-11-19;/h3-13H,14H2,1-2H3,(H,24,26);1H2. The smallest absolute Gasteiger partial charge is 0.262 e. The summed E-state index contributed by atoms with van der Waals surface area (Å²) in [4.78, 5) is 16.6. The number of methoxy groups -OCH3 is 1. The molecule has 0 aliphatic heterocycles. The van der Waals surface area contributed by atoms with Crippen molar-refractivity contribution in [2.24, 2.45) is 0 Å². The van der Waals surface area contributed by atoms with Crippen LogP contribution in [-0.2, 0) is 4.79 Å². The Hall–Kier alpha value is -3.84. The molecule has 30 heavy (non-hydrogen) atoms. The molecule has 0 atom stereocenters. The van der Waals surface area contributed by atoms with Crippen LogP contribution in [0, 0.1) is 6.92 Å². The molecule has 154 valence electrons. The van der Waals surface area contributed by atoms with E-state index in [1.807, 2.05) is 37.3 Å². The summed E-state index contributed by atoms with van der Waals surface area (Å²) in [5, 5.41) is 2.81. The van der Waals surface area contributed by atoms with Gasteiger partial charge in [0.25, 0.3) is 5.91 Å². The number of fused-ring (bicyclic) bond motifs is 1. The largest absolute Gasteiger partial charge is 0.497 e. The fraction of sp³-hybridized carbons (Fsp3) is 0.130. The number of nitrogens with one attached hydrogen (secondary N) is 1. The van der Waals surface area contributed by atoms with E-state index in [2.05, 4.69) is 10.3 Å². The number of anilines is 1. The van der Waals surface area contributed by atoms with E-state index in [9.17, 15) is 4.79 Å². The second kappa shape index (κ2) is 9.11. The summed E-state index contributed by atoms with van der Waals surface area (Å²) < 4.78 is 16.4. The van der Waals surface area contributed by atoms with Gasteiger partial charge in [-0.25, -0.2) is 4.98 Å². The van der Waals surface area contributed by atoms with Gasteiger partial charge in [-0.2, -0.15) is 0 Å². The highest BCUT2D eigenvalue weighted by atomic mass is 16.5. The van der Waals surface area contributed by atoms with E-state index in [0.29, 0.717) is 17.3 Å². The van der Waals surface area contributed by atoms with Crippen LogP contribution in [0.5, 0.6) is 11.5 Å². The molecule has 7 nitrogen and oxygen atoms in total. The minimum Gasteiger partial charge on any atom is -0.497 e. The molecular weight excluding hydrogens is 384 g/mol. The van der Waals surface area contributed by atoms with Crippen molar-refractivity contribution in [1.82, 2.24) is 4.98 Å². The van der Waals surface area contributed by atoms with Crippen LogP contribution in [0.4, 0.5) is 5.69 Å². The van der Waals surface area contributed by atoms with Gasteiger partial charge in [0.05, 0.1) is 7.11 Å². The normalized spacial score (nSPS) is 10.3. The molecule has 4 aromatic rings. The predicted octanol–water partition coefficient (Wildman–Crippen LogP) is 4.00. The lowest BCUT2D eigenvalue weighted by molar-refractivity contribution is -0.118. The first-order valence-electron chi connectivity index (χ1n) is 9.15. The molecule has 3 N–H and O–H groups in total. The average molecular weight is 406 g/mol. The highest BCUT2D eigenvalue weighted by molar-refractivity contribution is 5.92. The van der Waals surface area contributed by atoms with Crippen molar-refractivity contribution < 1.29 is 24.2 Å².